The number of rotatable bonds is 3. The Morgan fingerprint density at radius 1 is 1.56 bits per heavy atom. The summed E-state index contributed by atoms with van der Waals surface area (Å²) in [6.07, 6.45) is 2.48. The first-order valence-corrected chi connectivity index (χ1v) is 5.55. The molecule has 2 heterocycles. The van der Waals surface area contributed by atoms with Gasteiger partial charge in [0.1, 0.15) is 0 Å². The molecule has 0 saturated carbocycles. The molecule has 1 aromatic rings. The van der Waals surface area contributed by atoms with Gasteiger partial charge in [0, 0.05) is 39.9 Å². The third-order valence-electron chi connectivity index (χ3n) is 2.73. The van der Waals surface area contributed by atoms with Gasteiger partial charge in [-0.05, 0) is 12.5 Å². The summed E-state index contributed by atoms with van der Waals surface area (Å²) in [5.74, 6) is 0.734. The first-order chi connectivity index (χ1) is 7.65. The topological polar surface area (TPSA) is 52.5 Å². The lowest BCUT2D eigenvalue weighted by Gasteiger charge is -2.15. The van der Waals surface area contributed by atoms with E-state index >= 15 is 0 Å². The minimum absolute atomic E-state index is 0.171. The molecule has 2 rings (SSSR count). The van der Waals surface area contributed by atoms with Crippen molar-refractivity contribution in [1.29, 1.82) is 0 Å². The average Bonchev–Trinajstić information content (AvgIpc) is 2.64. The monoisotopic (exact) mass is 222 g/mol. The van der Waals surface area contributed by atoms with E-state index < -0.39 is 0 Å². The quantitative estimate of drug-likeness (QED) is 0.786. The van der Waals surface area contributed by atoms with Crippen LogP contribution < -0.4 is 4.90 Å². The number of hydrogen-bond donors (Lipinski definition) is 1. The van der Waals surface area contributed by atoms with Gasteiger partial charge in [-0.25, -0.2) is 9.97 Å². The summed E-state index contributed by atoms with van der Waals surface area (Å²) in [5.41, 5.74) is 1.01. The zero-order valence-corrected chi connectivity index (χ0v) is 9.80. The first kappa shape index (κ1) is 11.3. The Morgan fingerprint density at radius 3 is 3.00 bits per heavy atom. The van der Waals surface area contributed by atoms with E-state index in [0.717, 1.165) is 37.7 Å². The Balaban J connectivity index is 2.01. The standard InChI is InChI=1S/C11H18N4O/c1-14(2)11-12-5-3-9(13-11)7-15-6-4-10(16)8-15/h3,5,10,16H,4,6-8H2,1-2H3/t10-/m0/s1. The third-order valence-corrected chi connectivity index (χ3v) is 2.73. The van der Waals surface area contributed by atoms with Crippen LogP contribution in [0.4, 0.5) is 5.95 Å². The zero-order chi connectivity index (χ0) is 11.5. The second kappa shape index (κ2) is 4.76. The lowest BCUT2D eigenvalue weighted by molar-refractivity contribution is 0.174. The highest BCUT2D eigenvalue weighted by molar-refractivity contribution is 5.27. The predicted octanol–water partition coefficient (Wildman–Crippen LogP) is 0.109. The van der Waals surface area contributed by atoms with Crippen LogP contribution in [0.2, 0.25) is 0 Å². The molecule has 16 heavy (non-hydrogen) atoms. The molecule has 1 N–H and O–H groups in total. The van der Waals surface area contributed by atoms with E-state index in [0.29, 0.717) is 0 Å². The molecular formula is C11H18N4O. The Labute approximate surface area is 95.7 Å². The number of hydrogen-bond acceptors (Lipinski definition) is 5. The van der Waals surface area contributed by atoms with Gasteiger partial charge in [-0.1, -0.05) is 0 Å². The maximum atomic E-state index is 9.44. The smallest absolute Gasteiger partial charge is 0.225 e. The number of nitrogens with zero attached hydrogens (tertiary/aromatic N) is 4. The summed E-state index contributed by atoms with van der Waals surface area (Å²) in [7, 11) is 3.86. The van der Waals surface area contributed by atoms with E-state index in [9.17, 15) is 5.11 Å². The van der Waals surface area contributed by atoms with Crippen molar-refractivity contribution in [2.45, 2.75) is 19.1 Å². The van der Waals surface area contributed by atoms with E-state index in [2.05, 4.69) is 14.9 Å². The van der Waals surface area contributed by atoms with E-state index in [1.807, 2.05) is 25.1 Å². The minimum atomic E-state index is -0.171. The summed E-state index contributed by atoms with van der Waals surface area (Å²) in [4.78, 5) is 12.7. The van der Waals surface area contributed by atoms with Gasteiger partial charge in [-0.15, -0.1) is 0 Å². The molecule has 0 unspecified atom stereocenters. The molecule has 5 nitrogen and oxygen atoms in total. The fourth-order valence-electron chi connectivity index (χ4n) is 1.87. The molecule has 1 aliphatic heterocycles. The van der Waals surface area contributed by atoms with Crippen molar-refractivity contribution >= 4 is 5.95 Å². The third kappa shape index (κ3) is 2.68. The molecule has 0 amide bonds. The van der Waals surface area contributed by atoms with Crippen LogP contribution in [0.15, 0.2) is 12.3 Å². The molecule has 0 spiro atoms. The number of anilines is 1. The summed E-state index contributed by atoms with van der Waals surface area (Å²) >= 11 is 0. The van der Waals surface area contributed by atoms with Crippen LogP contribution in [0.5, 0.6) is 0 Å². The van der Waals surface area contributed by atoms with Crippen LogP contribution in [0.25, 0.3) is 0 Å². The lowest BCUT2D eigenvalue weighted by atomic mass is 10.3. The molecule has 1 saturated heterocycles. The van der Waals surface area contributed by atoms with Gasteiger partial charge in [-0.2, -0.15) is 0 Å². The van der Waals surface area contributed by atoms with Crippen molar-refractivity contribution in [3.8, 4) is 0 Å². The second-order valence-electron chi connectivity index (χ2n) is 4.42. The van der Waals surface area contributed by atoms with Crippen molar-refractivity contribution < 1.29 is 5.11 Å². The number of aromatic nitrogens is 2. The molecule has 1 aromatic heterocycles. The Bertz CT molecular complexity index is 356. The molecule has 0 aliphatic carbocycles. The molecule has 0 radical (unpaired) electrons. The van der Waals surface area contributed by atoms with Crippen LogP contribution in [0, 0.1) is 0 Å². The van der Waals surface area contributed by atoms with Gasteiger partial charge in [0.05, 0.1) is 11.8 Å². The molecular weight excluding hydrogens is 204 g/mol. The largest absolute Gasteiger partial charge is 0.392 e. The van der Waals surface area contributed by atoms with Crippen LogP contribution in [0.1, 0.15) is 12.1 Å². The summed E-state index contributed by atoms with van der Waals surface area (Å²) in [6, 6.07) is 1.93. The lowest BCUT2D eigenvalue weighted by Crippen LogP contribution is -2.23. The molecule has 5 heteroatoms. The molecule has 88 valence electrons. The van der Waals surface area contributed by atoms with Gasteiger partial charge < -0.3 is 10.0 Å². The van der Waals surface area contributed by atoms with Crippen LogP contribution in [-0.4, -0.2) is 53.3 Å². The Hall–Kier alpha value is -1.20. The highest BCUT2D eigenvalue weighted by Crippen LogP contribution is 2.13. The number of aliphatic hydroxyl groups is 1. The van der Waals surface area contributed by atoms with Crippen molar-refractivity contribution in [3.05, 3.63) is 18.0 Å². The van der Waals surface area contributed by atoms with Gasteiger partial charge in [0.25, 0.3) is 0 Å². The predicted molar refractivity (Wildman–Crippen MR) is 62.3 cm³/mol. The summed E-state index contributed by atoms with van der Waals surface area (Å²) in [6.45, 7) is 2.49. The maximum absolute atomic E-state index is 9.44. The first-order valence-electron chi connectivity index (χ1n) is 5.55. The Morgan fingerprint density at radius 2 is 2.38 bits per heavy atom. The van der Waals surface area contributed by atoms with Crippen molar-refractivity contribution in [2.75, 3.05) is 32.1 Å². The SMILES string of the molecule is CN(C)c1nccc(CN2CC[C@H](O)C2)n1. The highest BCUT2D eigenvalue weighted by Gasteiger charge is 2.20. The second-order valence-corrected chi connectivity index (χ2v) is 4.42. The molecule has 1 atom stereocenters. The van der Waals surface area contributed by atoms with E-state index in [1.165, 1.54) is 0 Å². The summed E-state index contributed by atoms with van der Waals surface area (Å²) < 4.78 is 0. The van der Waals surface area contributed by atoms with Crippen LogP contribution in [-0.2, 0) is 6.54 Å². The normalized spacial score (nSPS) is 21.3. The number of likely N-dealkylation sites (tertiary alicyclic amines) is 1. The van der Waals surface area contributed by atoms with Gasteiger partial charge >= 0.3 is 0 Å². The summed E-state index contributed by atoms with van der Waals surface area (Å²) in [5, 5.41) is 9.44. The van der Waals surface area contributed by atoms with Crippen molar-refractivity contribution in [1.82, 2.24) is 14.9 Å². The van der Waals surface area contributed by atoms with Crippen LogP contribution in [0.3, 0.4) is 0 Å². The Kier molecular flexibility index (Phi) is 3.36. The molecule has 0 aromatic carbocycles. The zero-order valence-electron chi connectivity index (χ0n) is 9.80. The van der Waals surface area contributed by atoms with Crippen molar-refractivity contribution in [3.63, 3.8) is 0 Å². The minimum Gasteiger partial charge on any atom is -0.392 e. The van der Waals surface area contributed by atoms with Crippen molar-refractivity contribution in [2.24, 2.45) is 0 Å². The van der Waals surface area contributed by atoms with E-state index in [1.54, 1.807) is 6.20 Å². The maximum Gasteiger partial charge on any atom is 0.225 e. The molecule has 0 bridgehead atoms. The van der Waals surface area contributed by atoms with E-state index in [-0.39, 0.29) is 6.10 Å². The highest BCUT2D eigenvalue weighted by atomic mass is 16.3. The van der Waals surface area contributed by atoms with E-state index in [4.69, 9.17) is 0 Å². The van der Waals surface area contributed by atoms with Gasteiger partial charge in [0.2, 0.25) is 5.95 Å². The fourth-order valence-corrected chi connectivity index (χ4v) is 1.87. The molecule has 1 fully saturated rings. The van der Waals surface area contributed by atoms with Gasteiger partial charge in [0.15, 0.2) is 0 Å². The van der Waals surface area contributed by atoms with Crippen LogP contribution >= 0.6 is 0 Å². The number of β-amino-alcohol motifs (C(OH)–C–C–N with tert-alkyl or cyclic N) is 1. The average molecular weight is 222 g/mol. The molecule has 1 aliphatic rings. The fraction of sp³-hybridized carbons (Fsp3) is 0.636. The number of aliphatic hydroxyl groups excluding tert-OH is 1. The van der Waals surface area contributed by atoms with Gasteiger partial charge in [-0.3, -0.25) is 4.90 Å².